The highest BCUT2D eigenvalue weighted by molar-refractivity contribution is 5.94. The lowest BCUT2D eigenvalue weighted by atomic mass is 9.91. The molecule has 0 aromatic heterocycles. The van der Waals surface area contributed by atoms with Gasteiger partial charge < -0.3 is 10.1 Å². The smallest absolute Gasteiger partial charge is 0.318 e. The lowest BCUT2D eigenvalue weighted by Crippen LogP contribution is -2.25. The largest absolute Gasteiger partial charge is 0.455 e. The predicted octanol–water partition coefficient (Wildman–Crippen LogP) is 5.51. The van der Waals surface area contributed by atoms with Crippen LogP contribution in [0.3, 0.4) is 0 Å². The van der Waals surface area contributed by atoms with Crippen molar-refractivity contribution in [1.82, 2.24) is 0 Å². The minimum Gasteiger partial charge on any atom is -0.455 e. The van der Waals surface area contributed by atoms with Crippen molar-refractivity contribution >= 4 is 17.6 Å². The van der Waals surface area contributed by atoms with Crippen molar-refractivity contribution in [3.8, 4) is 0 Å². The van der Waals surface area contributed by atoms with Crippen LogP contribution >= 0.6 is 0 Å². The van der Waals surface area contributed by atoms with E-state index >= 15 is 0 Å². The van der Waals surface area contributed by atoms with Crippen LogP contribution in [0.15, 0.2) is 84.9 Å². The maximum atomic E-state index is 12.9. The van der Waals surface area contributed by atoms with Gasteiger partial charge >= 0.3 is 5.97 Å². The Morgan fingerprint density at radius 3 is 1.93 bits per heavy atom. The monoisotopic (exact) mass is 401 g/mol. The summed E-state index contributed by atoms with van der Waals surface area (Å²) in [4.78, 5) is 25.4. The zero-order valence-electron chi connectivity index (χ0n) is 17.4. The third-order valence-corrected chi connectivity index (χ3v) is 5.23. The first-order valence-electron chi connectivity index (χ1n) is 10.3. The first-order chi connectivity index (χ1) is 14.6. The van der Waals surface area contributed by atoms with E-state index in [0.717, 1.165) is 28.8 Å². The molecule has 0 fully saturated rings. The molecular formula is C26H27NO3. The molecule has 0 unspecified atom stereocenters. The van der Waals surface area contributed by atoms with E-state index < -0.39 is 11.9 Å². The Labute approximate surface area is 177 Å². The maximum absolute atomic E-state index is 12.9. The lowest BCUT2D eigenvalue weighted by Gasteiger charge is -2.18. The van der Waals surface area contributed by atoms with Gasteiger partial charge in [-0.1, -0.05) is 92.7 Å². The Morgan fingerprint density at radius 1 is 0.833 bits per heavy atom. The number of hydrogen-bond acceptors (Lipinski definition) is 3. The fraction of sp³-hybridized carbons (Fsp3) is 0.231. The first-order valence-corrected chi connectivity index (χ1v) is 10.3. The van der Waals surface area contributed by atoms with Gasteiger partial charge in [0.05, 0.1) is 0 Å². The quantitative estimate of drug-likeness (QED) is 0.506. The number of hydrogen-bond donors (Lipinski definition) is 1. The van der Waals surface area contributed by atoms with Crippen molar-refractivity contribution in [3.05, 3.63) is 102 Å². The van der Waals surface area contributed by atoms with E-state index in [9.17, 15) is 9.59 Å². The lowest BCUT2D eigenvalue weighted by molar-refractivity contribution is -0.147. The second kappa shape index (κ2) is 10.4. The third kappa shape index (κ3) is 5.35. The molecule has 0 bridgehead atoms. The second-order valence-corrected chi connectivity index (χ2v) is 7.31. The molecule has 4 heteroatoms. The zero-order valence-corrected chi connectivity index (χ0v) is 17.4. The van der Waals surface area contributed by atoms with Crippen LogP contribution in [0, 0.1) is 0 Å². The van der Waals surface area contributed by atoms with Gasteiger partial charge in [-0.05, 0) is 35.1 Å². The molecular weight excluding hydrogens is 374 g/mol. The molecule has 0 aliphatic carbocycles. The molecule has 4 nitrogen and oxygen atoms in total. The van der Waals surface area contributed by atoms with Crippen LogP contribution in [-0.4, -0.2) is 18.5 Å². The number of anilines is 1. The molecule has 1 amide bonds. The van der Waals surface area contributed by atoms with Crippen LogP contribution in [0.25, 0.3) is 0 Å². The number of carbonyl (C=O) groups excluding carboxylic acids is 2. The van der Waals surface area contributed by atoms with Gasteiger partial charge in [0.15, 0.2) is 6.61 Å². The first kappa shape index (κ1) is 21.3. The molecule has 1 atom stereocenters. The van der Waals surface area contributed by atoms with Crippen LogP contribution in [-0.2, 0) is 14.3 Å². The fourth-order valence-corrected chi connectivity index (χ4v) is 3.42. The average Bonchev–Trinajstić information content (AvgIpc) is 2.79. The van der Waals surface area contributed by atoms with Gasteiger partial charge in [-0.3, -0.25) is 9.59 Å². The van der Waals surface area contributed by atoms with Crippen LogP contribution < -0.4 is 5.32 Å². The van der Waals surface area contributed by atoms with E-state index in [-0.39, 0.29) is 12.5 Å². The van der Waals surface area contributed by atoms with Crippen molar-refractivity contribution in [2.24, 2.45) is 0 Å². The van der Waals surface area contributed by atoms with E-state index in [2.05, 4.69) is 19.2 Å². The van der Waals surface area contributed by atoms with E-state index in [4.69, 9.17) is 4.74 Å². The third-order valence-electron chi connectivity index (χ3n) is 5.23. The molecule has 0 radical (unpaired) electrons. The molecule has 30 heavy (non-hydrogen) atoms. The molecule has 3 aromatic rings. The highest BCUT2D eigenvalue weighted by Gasteiger charge is 2.25. The van der Waals surface area contributed by atoms with Crippen molar-refractivity contribution in [1.29, 1.82) is 0 Å². The number of nitrogens with one attached hydrogen (secondary N) is 1. The molecule has 154 valence electrons. The van der Waals surface area contributed by atoms with Crippen LogP contribution in [0.2, 0.25) is 0 Å². The van der Waals surface area contributed by atoms with Crippen molar-refractivity contribution in [2.45, 2.75) is 32.1 Å². The van der Waals surface area contributed by atoms with Gasteiger partial charge in [-0.25, -0.2) is 0 Å². The Hall–Kier alpha value is -3.40. The fourth-order valence-electron chi connectivity index (χ4n) is 3.42. The van der Waals surface area contributed by atoms with Gasteiger partial charge in [0.1, 0.15) is 5.92 Å². The highest BCUT2D eigenvalue weighted by atomic mass is 16.5. The number of esters is 1. The summed E-state index contributed by atoms with van der Waals surface area (Å²) in [7, 11) is 0. The standard InChI is InChI=1S/C26H27NO3/c1-3-19(2)22-16-10-11-17-23(22)27-24(28)18-30-26(29)25(20-12-6-4-7-13-20)21-14-8-5-9-15-21/h4-17,19,25H,3,18H2,1-2H3,(H,27,28)/t19-/m1/s1. The van der Waals surface area contributed by atoms with Gasteiger partial charge in [0, 0.05) is 5.69 Å². The Bertz CT molecular complexity index is 930. The number of amides is 1. The summed E-state index contributed by atoms with van der Waals surface area (Å²) in [5.41, 5.74) is 3.49. The summed E-state index contributed by atoms with van der Waals surface area (Å²) in [5, 5.41) is 2.88. The predicted molar refractivity (Wildman–Crippen MR) is 119 cm³/mol. The summed E-state index contributed by atoms with van der Waals surface area (Å²) < 4.78 is 5.42. The molecule has 1 N–H and O–H groups in total. The highest BCUT2D eigenvalue weighted by Crippen LogP contribution is 2.27. The molecule has 0 saturated carbocycles. The molecule has 3 rings (SSSR count). The Morgan fingerprint density at radius 2 is 1.37 bits per heavy atom. The Kier molecular flexibility index (Phi) is 7.39. The number of carbonyl (C=O) groups is 2. The molecule has 0 saturated heterocycles. The van der Waals surface area contributed by atoms with Crippen molar-refractivity contribution in [2.75, 3.05) is 11.9 Å². The summed E-state index contributed by atoms with van der Waals surface area (Å²) >= 11 is 0. The SMILES string of the molecule is CC[C@@H](C)c1ccccc1NC(=O)COC(=O)C(c1ccccc1)c1ccccc1. The second-order valence-electron chi connectivity index (χ2n) is 7.31. The molecule has 0 heterocycles. The summed E-state index contributed by atoms with van der Waals surface area (Å²) in [6.45, 7) is 3.90. The number of benzene rings is 3. The normalized spacial score (nSPS) is 11.7. The molecule has 0 aliphatic heterocycles. The number of ether oxygens (including phenoxy) is 1. The van der Waals surface area contributed by atoms with Gasteiger partial charge in [0.2, 0.25) is 0 Å². The minimum absolute atomic E-state index is 0.324. The van der Waals surface area contributed by atoms with Gasteiger partial charge in [-0.15, -0.1) is 0 Å². The van der Waals surface area contributed by atoms with Gasteiger partial charge in [0.25, 0.3) is 5.91 Å². The topological polar surface area (TPSA) is 55.4 Å². The van der Waals surface area contributed by atoms with E-state index in [1.807, 2.05) is 84.9 Å². The number of para-hydroxylation sites is 1. The van der Waals surface area contributed by atoms with E-state index in [1.165, 1.54) is 0 Å². The number of rotatable bonds is 8. The van der Waals surface area contributed by atoms with Crippen LogP contribution in [0.5, 0.6) is 0 Å². The van der Waals surface area contributed by atoms with Gasteiger partial charge in [-0.2, -0.15) is 0 Å². The summed E-state index contributed by atoms with van der Waals surface area (Å²) in [6, 6.07) is 26.6. The minimum atomic E-state index is -0.576. The van der Waals surface area contributed by atoms with E-state index in [1.54, 1.807) is 0 Å². The summed E-state index contributed by atoms with van der Waals surface area (Å²) in [6.07, 6.45) is 0.970. The summed E-state index contributed by atoms with van der Waals surface area (Å²) in [5.74, 6) is -1.05. The molecule has 0 spiro atoms. The zero-order chi connectivity index (χ0) is 21.3. The van der Waals surface area contributed by atoms with Crippen LogP contribution in [0.1, 0.15) is 48.8 Å². The molecule has 3 aromatic carbocycles. The van der Waals surface area contributed by atoms with E-state index in [0.29, 0.717) is 5.92 Å². The Balaban J connectivity index is 1.70. The molecule has 0 aliphatic rings. The van der Waals surface area contributed by atoms with Crippen LogP contribution in [0.4, 0.5) is 5.69 Å². The average molecular weight is 402 g/mol. The van der Waals surface area contributed by atoms with Crippen molar-refractivity contribution < 1.29 is 14.3 Å². The maximum Gasteiger partial charge on any atom is 0.318 e. The van der Waals surface area contributed by atoms with Crippen molar-refractivity contribution in [3.63, 3.8) is 0 Å².